The van der Waals surface area contributed by atoms with Crippen molar-refractivity contribution in [1.82, 2.24) is 14.8 Å². The van der Waals surface area contributed by atoms with Crippen LogP contribution >= 0.6 is 11.8 Å². The zero-order valence-corrected chi connectivity index (χ0v) is 15.7. The Labute approximate surface area is 153 Å². The maximum Gasteiger partial charge on any atom is 0.191 e. The number of rotatable bonds is 7. The van der Waals surface area contributed by atoms with Gasteiger partial charge in [0, 0.05) is 12.3 Å². The van der Waals surface area contributed by atoms with Crippen LogP contribution in [-0.2, 0) is 18.9 Å². The molecule has 4 nitrogen and oxygen atoms in total. The number of hydrogen-bond acceptors (Lipinski definition) is 4. The zero-order valence-electron chi connectivity index (χ0n) is 14.9. The van der Waals surface area contributed by atoms with Gasteiger partial charge in [0.05, 0.1) is 0 Å². The fourth-order valence-electron chi connectivity index (χ4n) is 2.61. The molecule has 0 aliphatic rings. The van der Waals surface area contributed by atoms with Crippen molar-refractivity contribution < 1.29 is 4.74 Å². The first-order valence-corrected chi connectivity index (χ1v) is 9.44. The molecule has 130 valence electrons. The average molecular weight is 353 g/mol. The van der Waals surface area contributed by atoms with Crippen LogP contribution in [-0.4, -0.2) is 14.8 Å². The third-order valence-electron chi connectivity index (χ3n) is 4.08. The van der Waals surface area contributed by atoms with Gasteiger partial charge in [-0.25, -0.2) is 0 Å². The van der Waals surface area contributed by atoms with Gasteiger partial charge in [0.2, 0.25) is 0 Å². The number of aryl methyl sites for hydroxylation is 2. The van der Waals surface area contributed by atoms with Gasteiger partial charge in [-0.1, -0.05) is 53.7 Å². The van der Waals surface area contributed by atoms with Crippen LogP contribution in [0.15, 0.2) is 53.7 Å². The van der Waals surface area contributed by atoms with Crippen LogP contribution in [0, 0.1) is 13.8 Å². The van der Waals surface area contributed by atoms with E-state index in [9.17, 15) is 0 Å². The Morgan fingerprint density at radius 2 is 1.84 bits per heavy atom. The van der Waals surface area contributed by atoms with E-state index < -0.39 is 0 Å². The van der Waals surface area contributed by atoms with Crippen molar-refractivity contribution in [3.05, 3.63) is 71.0 Å². The second-order valence-corrected chi connectivity index (χ2v) is 6.91. The molecular weight excluding hydrogens is 330 g/mol. The highest BCUT2D eigenvalue weighted by Gasteiger charge is 2.12. The van der Waals surface area contributed by atoms with Gasteiger partial charge in [-0.05, 0) is 44.0 Å². The molecule has 3 aromatic rings. The highest BCUT2D eigenvalue weighted by molar-refractivity contribution is 7.98. The van der Waals surface area contributed by atoms with E-state index in [1.165, 1.54) is 16.7 Å². The summed E-state index contributed by atoms with van der Waals surface area (Å²) in [7, 11) is 0. The quantitative estimate of drug-likeness (QED) is 0.573. The van der Waals surface area contributed by atoms with Crippen molar-refractivity contribution in [2.24, 2.45) is 0 Å². The maximum absolute atomic E-state index is 5.81. The fraction of sp³-hybridized carbons (Fsp3) is 0.300. The van der Waals surface area contributed by atoms with Crippen molar-refractivity contribution in [3.63, 3.8) is 0 Å². The molecule has 3 rings (SSSR count). The SMILES string of the molecule is CCn1c(COc2ccccc2)nnc1SCc1cc(C)ccc1C. The Morgan fingerprint density at radius 1 is 1.04 bits per heavy atom. The van der Waals surface area contributed by atoms with Gasteiger partial charge in [-0.15, -0.1) is 10.2 Å². The van der Waals surface area contributed by atoms with Gasteiger partial charge in [0.1, 0.15) is 12.4 Å². The minimum atomic E-state index is 0.425. The van der Waals surface area contributed by atoms with Crippen LogP contribution < -0.4 is 4.74 Å². The highest BCUT2D eigenvalue weighted by atomic mass is 32.2. The number of aromatic nitrogens is 3. The first kappa shape index (κ1) is 17.5. The van der Waals surface area contributed by atoms with E-state index in [1.54, 1.807) is 11.8 Å². The monoisotopic (exact) mass is 353 g/mol. The van der Waals surface area contributed by atoms with Crippen LogP contribution in [0.3, 0.4) is 0 Å². The molecule has 1 heterocycles. The largest absolute Gasteiger partial charge is 0.486 e. The Balaban J connectivity index is 1.68. The molecule has 25 heavy (non-hydrogen) atoms. The topological polar surface area (TPSA) is 39.9 Å². The Kier molecular flexibility index (Phi) is 5.76. The van der Waals surface area contributed by atoms with Crippen LogP contribution in [0.2, 0.25) is 0 Å². The van der Waals surface area contributed by atoms with Gasteiger partial charge in [-0.2, -0.15) is 0 Å². The first-order valence-electron chi connectivity index (χ1n) is 8.46. The molecule has 0 spiro atoms. The predicted octanol–water partition coefficient (Wildman–Crippen LogP) is 4.79. The predicted molar refractivity (Wildman–Crippen MR) is 102 cm³/mol. The lowest BCUT2D eigenvalue weighted by atomic mass is 10.1. The van der Waals surface area contributed by atoms with E-state index in [2.05, 4.69) is 53.7 Å². The summed E-state index contributed by atoms with van der Waals surface area (Å²) in [5.74, 6) is 2.60. The lowest BCUT2D eigenvalue weighted by Gasteiger charge is -2.10. The summed E-state index contributed by atoms with van der Waals surface area (Å²) in [5, 5.41) is 9.62. The summed E-state index contributed by atoms with van der Waals surface area (Å²) in [4.78, 5) is 0. The molecule has 0 atom stereocenters. The number of nitrogens with zero attached hydrogens (tertiary/aromatic N) is 3. The molecule has 0 bridgehead atoms. The second kappa shape index (κ2) is 8.21. The van der Waals surface area contributed by atoms with Crippen molar-refractivity contribution in [1.29, 1.82) is 0 Å². The molecule has 0 radical (unpaired) electrons. The molecule has 0 amide bonds. The number of benzene rings is 2. The summed E-state index contributed by atoms with van der Waals surface area (Å²) in [6.07, 6.45) is 0. The summed E-state index contributed by atoms with van der Waals surface area (Å²) in [5.41, 5.74) is 3.95. The third kappa shape index (κ3) is 4.42. The summed E-state index contributed by atoms with van der Waals surface area (Å²) in [6, 6.07) is 16.4. The lowest BCUT2D eigenvalue weighted by Crippen LogP contribution is -2.07. The van der Waals surface area contributed by atoms with Crippen LogP contribution in [0.4, 0.5) is 0 Å². The van der Waals surface area contributed by atoms with Crippen LogP contribution in [0.1, 0.15) is 29.4 Å². The van der Waals surface area contributed by atoms with Crippen molar-refractivity contribution in [2.45, 2.75) is 44.8 Å². The molecule has 0 saturated carbocycles. The Bertz CT molecular complexity index is 830. The zero-order chi connectivity index (χ0) is 17.6. The van der Waals surface area contributed by atoms with E-state index in [4.69, 9.17) is 4.74 Å². The van der Waals surface area contributed by atoms with Gasteiger partial charge in [-0.3, -0.25) is 0 Å². The lowest BCUT2D eigenvalue weighted by molar-refractivity contribution is 0.288. The van der Waals surface area contributed by atoms with Gasteiger partial charge >= 0.3 is 0 Å². The molecule has 2 aromatic carbocycles. The molecule has 0 aliphatic carbocycles. The van der Waals surface area contributed by atoms with Crippen molar-refractivity contribution in [3.8, 4) is 5.75 Å². The van der Waals surface area contributed by atoms with Crippen LogP contribution in [0.25, 0.3) is 0 Å². The molecular formula is C20H23N3OS. The van der Waals surface area contributed by atoms with E-state index in [1.807, 2.05) is 30.3 Å². The molecule has 0 N–H and O–H groups in total. The van der Waals surface area contributed by atoms with E-state index in [0.29, 0.717) is 6.61 Å². The smallest absolute Gasteiger partial charge is 0.191 e. The molecule has 0 aliphatic heterocycles. The van der Waals surface area contributed by atoms with Crippen LogP contribution in [0.5, 0.6) is 5.75 Å². The molecule has 1 aromatic heterocycles. The standard InChI is InChI=1S/C20H23N3OS/c1-4-23-19(13-24-18-8-6-5-7-9-18)21-22-20(23)25-14-17-12-15(2)10-11-16(17)3/h5-12H,4,13-14H2,1-3H3. The summed E-state index contributed by atoms with van der Waals surface area (Å²) < 4.78 is 7.94. The van der Waals surface area contributed by atoms with E-state index in [-0.39, 0.29) is 0 Å². The maximum atomic E-state index is 5.81. The summed E-state index contributed by atoms with van der Waals surface area (Å²) >= 11 is 1.72. The fourth-order valence-corrected chi connectivity index (χ4v) is 3.70. The average Bonchev–Trinajstić information content (AvgIpc) is 3.03. The van der Waals surface area contributed by atoms with Gasteiger partial charge in [0.15, 0.2) is 11.0 Å². The summed E-state index contributed by atoms with van der Waals surface area (Å²) in [6.45, 7) is 7.64. The van der Waals surface area contributed by atoms with Gasteiger partial charge in [0.25, 0.3) is 0 Å². The molecule has 0 fully saturated rings. The number of thioether (sulfide) groups is 1. The normalized spacial score (nSPS) is 10.8. The highest BCUT2D eigenvalue weighted by Crippen LogP contribution is 2.24. The Morgan fingerprint density at radius 3 is 2.60 bits per heavy atom. The van der Waals surface area contributed by atoms with E-state index in [0.717, 1.165) is 29.0 Å². The first-order chi connectivity index (χ1) is 12.2. The molecule has 0 saturated heterocycles. The van der Waals surface area contributed by atoms with E-state index >= 15 is 0 Å². The second-order valence-electron chi connectivity index (χ2n) is 5.96. The van der Waals surface area contributed by atoms with Crippen molar-refractivity contribution in [2.75, 3.05) is 0 Å². The van der Waals surface area contributed by atoms with Gasteiger partial charge < -0.3 is 9.30 Å². The number of para-hydroxylation sites is 1. The molecule has 0 unspecified atom stereocenters. The minimum absolute atomic E-state index is 0.425. The third-order valence-corrected chi connectivity index (χ3v) is 5.10. The van der Waals surface area contributed by atoms with Crippen molar-refractivity contribution >= 4 is 11.8 Å². The molecule has 5 heteroatoms. The minimum Gasteiger partial charge on any atom is -0.486 e. The number of ether oxygens (including phenoxy) is 1. The Hall–Kier alpha value is -2.27. The number of hydrogen-bond donors (Lipinski definition) is 0.